The average molecular weight is 305 g/mol. The van der Waals surface area contributed by atoms with Crippen molar-refractivity contribution in [2.24, 2.45) is 0 Å². The molecule has 5 nitrogen and oxygen atoms in total. The Labute approximate surface area is 128 Å². The molecule has 0 bridgehead atoms. The highest BCUT2D eigenvalue weighted by Crippen LogP contribution is 2.33. The maximum absolute atomic E-state index is 11.4. The van der Waals surface area contributed by atoms with Crippen molar-refractivity contribution >= 4 is 22.4 Å². The first-order valence-corrected chi connectivity index (χ1v) is 7.45. The predicted octanol–water partition coefficient (Wildman–Crippen LogP) is 3.17. The summed E-state index contributed by atoms with van der Waals surface area (Å²) in [5.41, 5.74) is 1.40. The lowest BCUT2D eigenvalue weighted by atomic mass is 9.91. The minimum Gasteiger partial charge on any atom is -0.477 e. The maximum atomic E-state index is 11.4. The van der Waals surface area contributed by atoms with Gasteiger partial charge in [0.2, 0.25) is 0 Å². The molecule has 0 spiro atoms. The van der Waals surface area contributed by atoms with Crippen LogP contribution in [-0.4, -0.2) is 28.1 Å². The molecule has 2 rings (SSSR count). The van der Waals surface area contributed by atoms with Crippen molar-refractivity contribution in [1.29, 1.82) is 0 Å². The Kier molecular flexibility index (Phi) is 4.27. The molecule has 1 N–H and O–H groups in total. The molecule has 0 aliphatic heterocycles. The van der Waals surface area contributed by atoms with Gasteiger partial charge in [-0.2, -0.15) is 0 Å². The average Bonchev–Trinajstić information content (AvgIpc) is 2.85. The number of rotatable bonds is 4. The van der Waals surface area contributed by atoms with Gasteiger partial charge in [0.1, 0.15) is 4.88 Å². The Balaban J connectivity index is 2.30. The van der Waals surface area contributed by atoms with Crippen LogP contribution in [0, 0.1) is 0 Å². The zero-order valence-electron chi connectivity index (χ0n) is 12.6. The van der Waals surface area contributed by atoms with Crippen molar-refractivity contribution in [3.8, 4) is 0 Å². The van der Waals surface area contributed by atoms with Crippen molar-refractivity contribution in [3.63, 3.8) is 0 Å². The molecule has 0 amide bonds. The summed E-state index contributed by atoms with van der Waals surface area (Å²) in [6.45, 7) is 6.56. The molecular weight excluding hydrogens is 286 g/mol. The second-order valence-electron chi connectivity index (χ2n) is 5.95. The van der Waals surface area contributed by atoms with E-state index in [2.05, 4.69) is 9.97 Å². The molecule has 2 aromatic heterocycles. The predicted molar refractivity (Wildman–Crippen MR) is 84.1 cm³/mol. The highest BCUT2D eigenvalue weighted by atomic mass is 32.1. The summed E-state index contributed by atoms with van der Waals surface area (Å²) in [6.07, 6.45) is 3.53. The van der Waals surface area contributed by atoms with Crippen molar-refractivity contribution in [3.05, 3.63) is 40.7 Å². The van der Waals surface area contributed by atoms with E-state index >= 15 is 0 Å². The monoisotopic (exact) mass is 305 g/mol. The fourth-order valence-corrected chi connectivity index (χ4v) is 3.03. The Morgan fingerprint density at radius 2 is 2.14 bits per heavy atom. The molecule has 2 heterocycles. The number of carbonyl (C=O) groups is 1. The number of hydrogen-bond acceptors (Lipinski definition) is 5. The quantitative estimate of drug-likeness (QED) is 0.939. The van der Waals surface area contributed by atoms with Gasteiger partial charge in [0.25, 0.3) is 0 Å². The summed E-state index contributed by atoms with van der Waals surface area (Å²) in [5.74, 6) is -0.918. The molecule has 2 aromatic rings. The van der Waals surface area contributed by atoms with E-state index in [1.807, 2.05) is 44.9 Å². The molecule has 0 unspecified atom stereocenters. The fourth-order valence-electron chi connectivity index (χ4n) is 1.96. The van der Waals surface area contributed by atoms with Crippen molar-refractivity contribution in [2.75, 3.05) is 11.9 Å². The third kappa shape index (κ3) is 3.58. The molecule has 6 heteroatoms. The summed E-state index contributed by atoms with van der Waals surface area (Å²) in [6, 6.07) is 3.87. The number of carboxylic acid groups (broad SMARTS) is 1. The van der Waals surface area contributed by atoms with Gasteiger partial charge in [-0.25, -0.2) is 9.78 Å². The molecule has 112 valence electrons. The summed E-state index contributed by atoms with van der Waals surface area (Å²) in [4.78, 5) is 22.3. The van der Waals surface area contributed by atoms with Gasteiger partial charge in [0.05, 0.1) is 5.69 Å². The second kappa shape index (κ2) is 5.81. The van der Waals surface area contributed by atoms with E-state index in [0.29, 0.717) is 22.2 Å². The van der Waals surface area contributed by atoms with Crippen LogP contribution in [0.3, 0.4) is 0 Å². The van der Waals surface area contributed by atoms with Crippen LogP contribution in [0.5, 0.6) is 0 Å². The first-order valence-electron chi connectivity index (χ1n) is 6.63. The van der Waals surface area contributed by atoms with Gasteiger partial charge in [-0.1, -0.05) is 38.2 Å². The molecule has 21 heavy (non-hydrogen) atoms. The standard InChI is InChI=1S/C15H19N3O2S/c1-15(2,3)12-11(13(19)20)21-14(17-12)18(4)9-10-6-5-7-16-8-10/h5-8H,9H2,1-4H3,(H,19,20). The van der Waals surface area contributed by atoms with Crippen LogP contribution in [0.1, 0.15) is 41.7 Å². The normalized spacial score (nSPS) is 11.4. The minimum absolute atomic E-state index is 0.294. The third-order valence-electron chi connectivity index (χ3n) is 2.99. The topological polar surface area (TPSA) is 66.3 Å². The molecule has 0 aliphatic rings. The SMILES string of the molecule is CN(Cc1cccnc1)c1nc(C(C)(C)C)c(C(=O)O)s1. The molecule has 0 saturated heterocycles. The van der Waals surface area contributed by atoms with Crippen LogP contribution < -0.4 is 4.90 Å². The number of carboxylic acids is 1. The van der Waals surface area contributed by atoms with E-state index in [0.717, 1.165) is 5.56 Å². The first kappa shape index (κ1) is 15.4. The lowest BCUT2D eigenvalue weighted by molar-refractivity contribution is 0.0699. The lowest BCUT2D eigenvalue weighted by Gasteiger charge is -2.17. The third-order valence-corrected chi connectivity index (χ3v) is 4.15. The number of thiazole rings is 1. The van der Waals surface area contributed by atoms with Gasteiger partial charge in [0.15, 0.2) is 5.13 Å². The Morgan fingerprint density at radius 1 is 1.43 bits per heavy atom. The zero-order valence-corrected chi connectivity index (χ0v) is 13.4. The molecule has 0 radical (unpaired) electrons. The minimum atomic E-state index is -0.918. The highest BCUT2D eigenvalue weighted by molar-refractivity contribution is 7.17. The smallest absolute Gasteiger partial charge is 0.347 e. The summed E-state index contributed by atoms with van der Waals surface area (Å²) >= 11 is 1.22. The van der Waals surface area contributed by atoms with Gasteiger partial charge in [-0.05, 0) is 11.6 Å². The van der Waals surface area contributed by atoms with Gasteiger partial charge < -0.3 is 10.0 Å². The number of pyridine rings is 1. The van der Waals surface area contributed by atoms with Gasteiger partial charge >= 0.3 is 5.97 Å². The number of aromatic carboxylic acids is 1. The van der Waals surface area contributed by atoms with E-state index < -0.39 is 5.97 Å². The summed E-state index contributed by atoms with van der Waals surface area (Å²) < 4.78 is 0. The molecule has 0 saturated carbocycles. The molecule has 0 aromatic carbocycles. The number of aromatic nitrogens is 2. The molecule has 0 fully saturated rings. The summed E-state index contributed by atoms with van der Waals surface area (Å²) in [5, 5.41) is 10.1. The Bertz CT molecular complexity index is 632. The van der Waals surface area contributed by atoms with Crippen LogP contribution >= 0.6 is 11.3 Å². The van der Waals surface area contributed by atoms with E-state index in [4.69, 9.17) is 0 Å². The second-order valence-corrected chi connectivity index (χ2v) is 6.92. The fraction of sp³-hybridized carbons (Fsp3) is 0.400. The lowest BCUT2D eigenvalue weighted by Crippen LogP contribution is -2.18. The van der Waals surface area contributed by atoms with Crippen LogP contribution in [0.4, 0.5) is 5.13 Å². The van der Waals surface area contributed by atoms with Crippen LogP contribution in [0.25, 0.3) is 0 Å². The molecule has 0 atom stereocenters. The number of anilines is 1. The number of hydrogen-bond donors (Lipinski definition) is 1. The van der Waals surface area contributed by atoms with E-state index in [1.165, 1.54) is 11.3 Å². The first-order chi connectivity index (χ1) is 9.79. The van der Waals surface area contributed by atoms with Crippen molar-refractivity contribution in [1.82, 2.24) is 9.97 Å². The van der Waals surface area contributed by atoms with Gasteiger partial charge in [0, 0.05) is 31.4 Å². The van der Waals surface area contributed by atoms with E-state index in [1.54, 1.807) is 12.4 Å². The van der Waals surface area contributed by atoms with Gasteiger partial charge in [-0.15, -0.1) is 0 Å². The van der Waals surface area contributed by atoms with Crippen molar-refractivity contribution in [2.45, 2.75) is 32.7 Å². The van der Waals surface area contributed by atoms with Crippen LogP contribution in [0.15, 0.2) is 24.5 Å². The van der Waals surface area contributed by atoms with E-state index in [9.17, 15) is 9.90 Å². The largest absolute Gasteiger partial charge is 0.477 e. The molecule has 0 aliphatic carbocycles. The zero-order chi connectivity index (χ0) is 15.6. The maximum Gasteiger partial charge on any atom is 0.347 e. The summed E-state index contributed by atoms with van der Waals surface area (Å²) in [7, 11) is 1.91. The molecular formula is C15H19N3O2S. The van der Waals surface area contributed by atoms with Crippen LogP contribution in [0.2, 0.25) is 0 Å². The van der Waals surface area contributed by atoms with Gasteiger partial charge in [-0.3, -0.25) is 4.98 Å². The highest BCUT2D eigenvalue weighted by Gasteiger charge is 2.27. The van der Waals surface area contributed by atoms with E-state index in [-0.39, 0.29) is 5.41 Å². The number of nitrogens with zero attached hydrogens (tertiary/aromatic N) is 3. The van der Waals surface area contributed by atoms with Crippen LogP contribution in [-0.2, 0) is 12.0 Å². The Hall–Kier alpha value is -1.95. The van der Waals surface area contributed by atoms with Crippen molar-refractivity contribution < 1.29 is 9.90 Å². The Morgan fingerprint density at radius 3 is 2.62 bits per heavy atom.